The molecule has 0 saturated heterocycles. The Labute approximate surface area is 67.7 Å². The number of rotatable bonds is 3. The summed E-state index contributed by atoms with van der Waals surface area (Å²) in [6.45, 7) is 2.14. The molecule has 0 unspecified atom stereocenters. The van der Waals surface area contributed by atoms with Crippen LogP contribution in [0.1, 0.15) is 45.4 Å². The third-order valence-electron chi connectivity index (χ3n) is 2.53. The van der Waals surface area contributed by atoms with E-state index in [1.54, 1.807) is 6.08 Å². The molecule has 0 aliphatic heterocycles. The molecule has 0 spiro atoms. The van der Waals surface area contributed by atoms with Gasteiger partial charge in [-0.25, -0.2) is 4.79 Å². The Bertz CT molecular complexity index is 164. The van der Waals surface area contributed by atoms with E-state index in [1.807, 2.05) is 0 Å². The first-order valence-electron chi connectivity index (χ1n) is 4.42. The van der Waals surface area contributed by atoms with Gasteiger partial charge in [-0.3, -0.25) is 0 Å². The predicted molar refractivity (Wildman–Crippen MR) is 44.2 cm³/mol. The van der Waals surface area contributed by atoms with Crippen LogP contribution in [0, 0.1) is 0 Å². The lowest BCUT2D eigenvalue weighted by atomic mass is 9.93. The number of hydrogen-bond acceptors (Lipinski definition) is 2. The molecule has 2 nitrogen and oxygen atoms in total. The molecule has 1 rings (SSSR count). The fourth-order valence-electron chi connectivity index (χ4n) is 2.01. The van der Waals surface area contributed by atoms with Crippen LogP contribution in [0.25, 0.3) is 0 Å². The van der Waals surface area contributed by atoms with Crippen LogP contribution < -0.4 is 0 Å². The van der Waals surface area contributed by atoms with E-state index in [9.17, 15) is 4.79 Å². The van der Waals surface area contributed by atoms with Crippen molar-refractivity contribution in [3.8, 4) is 0 Å². The molecule has 11 heavy (non-hydrogen) atoms. The van der Waals surface area contributed by atoms with Crippen LogP contribution in [-0.2, 0) is 4.79 Å². The van der Waals surface area contributed by atoms with Crippen molar-refractivity contribution in [1.29, 1.82) is 0 Å². The van der Waals surface area contributed by atoms with Gasteiger partial charge in [0.1, 0.15) is 0 Å². The summed E-state index contributed by atoms with van der Waals surface area (Å²) in [6, 6.07) is 0. The largest absolute Gasteiger partial charge is 0.235 e. The summed E-state index contributed by atoms with van der Waals surface area (Å²) < 4.78 is 0. The molecule has 0 aromatic heterocycles. The van der Waals surface area contributed by atoms with Gasteiger partial charge in [0.05, 0.1) is 5.54 Å². The highest BCUT2D eigenvalue weighted by atomic mass is 16.1. The molecule has 0 radical (unpaired) electrons. The van der Waals surface area contributed by atoms with Gasteiger partial charge in [-0.1, -0.05) is 26.2 Å². The van der Waals surface area contributed by atoms with E-state index in [0.717, 1.165) is 25.7 Å². The summed E-state index contributed by atoms with van der Waals surface area (Å²) in [5.74, 6) is 0. The van der Waals surface area contributed by atoms with Crippen LogP contribution in [0.5, 0.6) is 0 Å². The summed E-state index contributed by atoms with van der Waals surface area (Å²) in [7, 11) is 0. The lowest BCUT2D eigenvalue weighted by Gasteiger charge is -2.20. The van der Waals surface area contributed by atoms with Crippen molar-refractivity contribution in [2.75, 3.05) is 0 Å². The average Bonchev–Trinajstić information content (AvgIpc) is 2.39. The Balaban J connectivity index is 2.61. The molecular weight excluding hydrogens is 138 g/mol. The summed E-state index contributed by atoms with van der Waals surface area (Å²) in [5, 5.41) is 0. The third kappa shape index (κ3) is 1.90. The first kappa shape index (κ1) is 8.48. The van der Waals surface area contributed by atoms with E-state index in [0.29, 0.717) is 0 Å². The minimum Gasteiger partial charge on any atom is -0.211 e. The zero-order chi connectivity index (χ0) is 8.16. The molecular formula is C9H15NO. The van der Waals surface area contributed by atoms with Crippen LogP contribution in [-0.4, -0.2) is 11.6 Å². The second-order valence-electron chi connectivity index (χ2n) is 3.38. The molecule has 0 bridgehead atoms. The van der Waals surface area contributed by atoms with Crippen molar-refractivity contribution in [3.05, 3.63) is 0 Å². The van der Waals surface area contributed by atoms with Crippen LogP contribution in [0.2, 0.25) is 0 Å². The van der Waals surface area contributed by atoms with E-state index >= 15 is 0 Å². The number of carbonyl (C=O) groups excluding carboxylic acids is 1. The van der Waals surface area contributed by atoms with Crippen LogP contribution in [0.15, 0.2) is 4.99 Å². The Morgan fingerprint density at radius 2 is 2.09 bits per heavy atom. The SMILES string of the molecule is CCCC1(N=C=O)CCCC1. The number of nitrogens with zero attached hydrogens (tertiary/aromatic N) is 1. The van der Waals surface area contributed by atoms with Gasteiger partial charge in [-0.2, -0.15) is 4.99 Å². The summed E-state index contributed by atoms with van der Waals surface area (Å²) >= 11 is 0. The van der Waals surface area contributed by atoms with Gasteiger partial charge in [-0.05, 0) is 19.3 Å². The minimum atomic E-state index is -0.00347. The molecule has 1 aliphatic rings. The second kappa shape index (κ2) is 3.68. The highest BCUT2D eigenvalue weighted by Gasteiger charge is 2.32. The van der Waals surface area contributed by atoms with Gasteiger partial charge in [0.25, 0.3) is 0 Å². The van der Waals surface area contributed by atoms with Gasteiger partial charge in [-0.15, -0.1) is 0 Å². The lowest BCUT2D eigenvalue weighted by Crippen LogP contribution is -2.20. The lowest BCUT2D eigenvalue weighted by molar-refractivity contribution is 0.400. The van der Waals surface area contributed by atoms with Crippen molar-refractivity contribution in [3.63, 3.8) is 0 Å². The first-order chi connectivity index (χ1) is 5.33. The van der Waals surface area contributed by atoms with E-state index < -0.39 is 0 Å². The molecule has 2 heteroatoms. The normalized spacial score (nSPS) is 21.2. The highest BCUT2D eigenvalue weighted by Crippen LogP contribution is 2.36. The highest BCUT2D eigenvalue weighted by molar-refractivity contribution is 5.35. The van der Waals surface area contributed by atoms with E-state index in [-0.39, 0.29) is 5.54 Å². The fraction of sp³-hybridized carbons (Fsp3) is 0.889. The van der Waals surface area contributed by atoms with Gasteiger partial charge in [0, 0.05) is 0 Å². The molecule has 0 aromatic carbocycles. The first-order valence-corrected chi connectivity index (χ1v) is 4.42. The molecule has 0 aromatic rings. The maximum atomic E-state index is 10.1. The smallest absolute Gasteiger partial charge is 0.211 e. The Morgan fingerprint density at radius 1 is 1.45 bits per heavy atom. The Kier molecular flexibility index (Phi) is 2.84. The maximum Gasteiger partial charge on any atom is 0.235 e. The fourth-order valence-corrected chi connectivity index (χ4v) is 2.01. The molecule has 0 heterocycles. The molecule has 1 saturated carbocycles. The van der Waals surface area contributed by atoms with Crippen LogP contribution >= 0.6 is 0 Å². The van der Waals surface area contributed by atoms with Crippen molar-refractivity contribution >= 4 is 6.08 Å². The molecule has 1 aliphatic carbocycles. The number of aliphatic imine (C=N–C) groups is 1. The van der Waals surface area contributed by atoms with Gasteiger partial charge < -0.3 is 0 Å². The molecule has 1 fully saturated rings. The van der Waals surface area contributed by atoms with Crippen molar-refractivity contribution in [2.45, 2.75) is 51.0 Å². The molecule has 0 amide bonds. The third-order valence-corrected chi connectivity index (χ3v) is 2.53. The number of hydrogen-bond donors (Lipinski definition) is 0. The van der Waals surface area contributed by atoms with E-state index in [2.05, 4.69) is 11.9 Å². The summed E-state index contributed by atoms with van der Waals surface area (Å²) in [4.78, 5) is 14.1. The number of isocyanates is 1. The maximum absolute atomic E-state index is 10.1. The van der Waals surface area contributed by atoms with E-state index in [4.69, 9.17) is 0 Å². The standard InChI is InChI=1S/C9H15NO/c1-2-5-9(10-8-11)6-3-4-7-9/h2-7H2,1H3. The van der Waals surface area contributed by atoms with E-state index in [1.165, 1.54) is 12.8 Å². The summed E-state index contributed by atoms with van der Waals surface area (Å²) in [6.07, 6.45) is 8.53. The van der Waals surface area contributed by atoms with Crippen LogP contribution in [0.4, 0.5) is 0 Å². The minimum absolute atomic E-state index is 0.00347. The predicted octanol–water partition coefficient (Wildman–Crippen LogP) is 2.44. The van der Waals surface area contributed by atoms with Gasteiger partial charge >= 0.3 is 0 Å². The quantitative estimate of drug-likeness (QED) is 0.452. The average molecular weight is 153 g/mol. The molecule has 0 atom stereocenters. The molecule has 0 N–H and O–H groups in total. The van der Waals surface area contributed by atoms with Crippen molar-refractivity contribution in [1.82, 2.24) is 0 Å². The summed E-state index contributed by atoms with van der Waals surface area (Å²) in [5.41, 5.74) is -0.00347. The van der Waals surface area contributed by atoms with Gasteiger partial charge in [0.15, 0.2) is 0 Å². The Hall–Kier alpha value is -0.620. The van der Waals surface area contributed by atoms with Crippen LogP contribution in [0.3, 0.4) is 0 Å². The Morgan fingerprint density at radius 3 is 2.55 bits per heavy atom. The van der Waals surface area contributed by atoms with Crippen molar-refractivity contribution < 1.29 is 4.79 Å². The second-order valence-corrected chi connectivity index (χ2v) is 3.38. The molecule has 62 valence electrons. The monoisotopic (exact) mass is 153 g/mol. The zero-order valence-electron chi connectivity index (χ0n) is 7.10. The topological polar surface area (TPSA) is 29.4 Å². The van der Waals surface area contributed by atoms with Gasteiger partial charge in [0.2, 0.25) is 6.08 Å². The van der Waals surface area contributed by atoms with Crippen molar-refractivity contribution in [2.24, 2.45) is 4.99 Å². The zero-order valence-corrected chi connectivity index (χ0v) is 7.10.